The van der Waals surface area contributed by atoms with Crippen molar-refractivity contribution in [2.45, 2.75) is 26.2 Å². The monoisotopic (exact) mass is 93.1 g/mol. The van der Waals surface area contributed by atoms with Gasteiger partial charge in [-0.05, 0) is 25.7 Å². The van der Waals surface area contributed by atoms with Crippen LogP contribution in [-0.2, 0) is 0 Å². The SMILES string of the molecule is CC#CC[C]1CC1. The minimum Gasteiger partial charge on any atom is -0.107 e. The van der Waals surface area contributed by atoms with Crippen LogP contribution in [0.3, 0.4) is 0 Å². The molecule has 0 bridgehead atoms. The van der Waals surface area contributed by atoms with Crippen molar-refractivity contribution in [3.63, 3.8) is 0 Å². The topological polar surface area (TPSA) is 0 Å². The van der Waals surface area contributed by atoms with E-state index in [0.717, 1.165) is 6.42 Å². The van der Waals surface area contributed by atoms with E-state index >= 15 is 0 Å². The van der Waals surface area contributed by atoms with Crippen LogP contribution in [0, 0.1) is 17.8 Å². The first kappa shape index (κ1) is 4.71. The lowest BCUT2D eigenvalue weighted by Gasteiger charge is -1.74. The molecule has 1 fully saturated rings. The Morgan fingerprint density at radius 3 is 2.71 bits per heavy atom. The maximum Gasteiger partial charge on any atom is 0.0151 e. The molecule has 0 nitrogen and oxygen atoms in total. The van der Waals surface area contributed by atoms with E-state index in [1.807, 2.05) is 6.92 Å². The third-order valence-corrected chi connectivity index (χ3v) is 1.12. The zero-order chi connectivity index (χ0) is 5.11. The maximum absolute atomic E-state index is 3.02. The van der Waals surface area contributed by atoms with Crippen molar-refractivity contribution in [1.82, 2.24) is 0 Å². The lowest BCUT2D eigenvalue weighted by molar-refractivity contribution is 1.23. The molecule has 37 valence electrons. The van der Waals surface area contributed by atoms with Crippen LogP contribution in [0.2, 0.25) is 0 Å². The van der Waals surface area contributed by atoms with Crippen LogP contribution in [0.4, 0.5) is 0 Å². The highest BCUT2D eigenvalue weighted by Gasteiger charge is 2.19. The van der Waals surface area contributed by atoms with Crippen molar-refractivity contribution < 1.29 is 0 Å². The van der Waals surface area contributed by atoms with Crippen molar-refractivity contribution in [3.05, 3.63) is 5.92 Å². The van der Waals surface area contributed by atoms with Crippen molar-refractivity contribution in [2.75, 3.05) is 0 Å². The molecule has 0 atom stereocenters. The summed E-state index contributed by atoms with van der Waals surface area (Å²) in [5.41, 5.74) is 0. The van der Waals surface area contributed by atoms with Gasteiger partial charge in [-0.15, -0.1) is 11.8 Å². The van der Waals surface area contributed by atoms with Gasteiger partial charge in [0.15, 0.2) is 0 Å². The minimum absolute atomic E-state index is 1.07. The summed E-state index contributed by atoms with van der Waals surface area (Å²) >= 11 is 0. The molecule has 7 heavy (non-hydrogen) atoms. The van der Waals surface area contributed by atoms with Gasteiger partial charge in [-0.1, -0.05) is 0 Å². The first-order valence-corrected chi connectivity index (χ1v) is 2.66. The van der Waals surface area contributed by atoms with Crippen LogP contribution in [-0.4, -0.2) is 0 Å². The zero-order valence-electron chi connectivity index (χ0n) is 4.62. The Morgan fingerprint density at radius 2 is 2.29 bits per heavy atom. The van der Waals surface area contributed by atoms with Crippen LogP contribution >= 0.6 is 0 Å². The minimum atomic E-state index is 1.07. The predicted octanol–water partition coefficient (Wildman–Crippen LogP) is 1.77. The molecule has 0 saturated heterocycles. The van der Waals surface area contributed by atoms with Gasteiger partial charge in [0.05, 0.1) is 0 Å². The van der Waals surface area contributed by atoms with E-state index in [-0.39, 0.29) is 0 Å². The molecule has 0 N–H and O–H groups in total. The molecule has 1 rings (SSSR count). The standard InChI is InChI=1S/C7H9/c1-2-3-4-7-5-6-7/h4-6H2,1H3. The number of hydrogen-bond acceptors (Lipinski definition) is 0. The summed E-state index contributed by atoms with van der Waals surface area (Å²) in [4.78, 5) is 0. The second-order valence-electron chi connectivity index (χ2n) is 1.85. The normalized spacial score (nSPS) is 17.9. The van der Waals surface area contributed by atoms with Gasteiger partial charge in [0.25, 0.3) is 0 Å². The van der Waals surface area contributed by atoms with Crippen LogP contribution < -0.4 is 0 Å². The highest BCUT2D eigenvalue weighted by atomic mass is 14.2. The lowest BCUT2D eigenvalue weighted by Crippen LogP contribution is -1.63. The van der Waals surface area contributed by atoms with Gasteiger partial charge in [0, 0.05) is 6.42 Å². The fraction of sp³-hybridized carbons (Fsp3) is 0.571. The van der Waals surface area contributed by atoms with Gasteiger partial charge in [0.2, 0.25) is 0 Å². The average molecular weight is 93.1 g/mol. The highest BCUT2D eigenvalue weighted by molar-refractivity contribution is 5.14. The molecule has 1 aliphatic carbocycles. The van der Waals surface area contributed by atoms with E-state index in [9.17, 15) is 0 Å². The van der Waals surface area contributed by atoms with Gasteiger partial charge in [-0.25, -0.2) is 0 Å². The van der Waals surface area contributed by atoms with Gasteiger partial charge in [0.1, 0.15) is 0 Å². The van der Waals surface area contributed by atoms with Gasteiger partial charge >= 0.3 is 0 Å². The zero-order valence-corrected chi connectivity index (χ0v) is 4.62. The molecule has 0 amide bonds. The van der Waals surface area contributed by atoms with E-state index < -0.39 is 0 Å². The van der Waals surface area contributed by atoms with Crippen LogP contribution in [0.15, 0.2) is 0 Å². The van der Waals surface area contributed by atoms with Crippen molar-refractivity contribution in [2.24, 2.45) is 0 Å². The molecule has 0 aliphatic heterocycles. The molecule has 0 heteroatoms. The molecule has 0 aromatic rings. The Balaban J connectivity index is 2.05. The summed E-state index contributed by atoms with van der Waals surface area (Å²) in [6, 6.07) is 0. The average Bonchev–Trinajstić information content (AvgIpc) is 2.42. The summed E-state index contributed by atoms with van der Waals surface area (Å²) < 4.78 is 0. The van der Waals surface area contributed by atoms with Gasteiger partial charge in [-0.2, -0.15) is 0 Å². The quantitative estimate of drug-likeness (QED) is 0.433. The van der Waals surface area contributed by atoms with Gasteiger partial charge in [-0.3, -0.25) is 0 Å². The van der Waals surface area contributed by atoms with Crippen molar-refractivity contribution in [3.8, 4) is 11.8 Å². The van der Waals surface area contributed by atoms with Crippen molar-refractivity contribution >= 4 is 0 Å². The fourth-order valence-electron chi connectivity index (χ4n) is 0.479. The molecule has 0 aromatic carbocycles. The second-order valence-corrected chi connectivity index (χ2v) is 1.85. The van der Waals surface area contributed by atoms with E-state index in [1.165, 1.54) is 12.8 Å². The Morgan fingerprint density at radius 1 is 1.57 bits per heavy atom. The molecular formula is C7H9. The molecule has 0 unspecified atom stereocenters. The van der Waals surface area contributed by atoms with E-state index in [0.29, 0.717) is 0 Å². The summed E-state index contributed by atoms with van der Waals surface area (Å²) in [7, 11) is 0. The third kappa shape index (κ3) is 1.64. The summed E-state index contributed by atoms with van der Waals surface area (Å²) in [5.74, 6) is 7.52. The molecular weight excluding hydrogens is 84.1 g/mol. The molecule has 0 spiro atoms. The predicted molar refractivity (Wildman–Crippen MR) is 30.5 cm³/mol. The third-order valence-electron chi connectivity index (χ3n) is 1.12. The summed E-state index contributed by atoms with van der Waals surface area (Å²) in [6.45, 7) is 1.89. The first-order valence-electron chi connectivity index (χ1n) is 2.66. The van der Waals surface area contributed by atoms with E-state index in [4.69, 9.17) is 0 Å². The van der Waals surface area contributed by atoms with Crippen LogP contribution in [0.1, 0.15) is 26.2 Å². The molecule has 1 saturated carbocycles. The second kappa shape index (κ2) is 2.02. The summed E-state index contributed by atoms with van der Waals surface area (Å²) in [6.07, 6.45) is 3.75. The Labute approximate surface area is 44.9 Å². The lowest BCUT2D eigenvalue weighted by atomic mass is 10.3. The van der Waals surface area contributed by atoms with Crippen LogP contribution in [0.25, 0.3) is 0 Å². The Hall–Kier alpha value is -0.440. The molecule has 1 radical (unpaired) electrons. The number of hydrogen-bond donors (Lipinski definition) is 0. The molecule has 0 aromatic heterocycles. The summed E-state index contributed by atoms with van der Waals surface area (Å²) in [5, 5.41) is 0. The Bertz CT molecular complexity index is 98.9. The first-order chi connectivity index (χ1) is 3.43. The Kier molecular flexibility index (Phi) is 1.36. The maximum atomic E-state index is 3.02. The number of rotatable bonds is 1. The van der Waals surface area contributed by atoms with Crippen molar-refractivity contribution in [1.29, 1.82) is 0 Å². The van der Waals surface area contributed by atoms with E-state index in [1.54, 1.807) is 5.92 Å². The smallest absolute Gasteiger partial charge is 0.0151 e. The largest absolute Gasteiger partial charge is 0.107 e. The fourth-order valence-corrected chi connectivity index (χ4v) is 0.479. The van der Waals surface area contributed by atoms with Crippen LogP contribution in [0.5, 0.6) is 0 Å². The highest BCUT2D eigenvalue weighted by Crippen LogP contribution is 2.34. The van der Waals surface area contributed by atoms with Gasteiger partial charge < -0.3 is 0 Å². The van der Waals surface area contributed by atoms with E-state index in [2.05, 4.69) is 11.8 Å². The molecule has 0 heterocycles. The molecule has 1 aliphatic rings.